The fourth-order valence-electron chi connectivity index (χ4n) is 3.58. The van der Waals surface area contributed by atoms with Crippen molar-refractivity contribution in [3.63, 3.8) is 0 Å². The zero-order valence-corrected chi connectivity index (χ0v) is 11.2. The molecular weight excluding hydrogens is 228 g/mol. The molecule has 3 fully saturated rings. The minimum atomic E-state index is 0.0761. The van der Waals surface area contributed by atoms with Gasteiger partial charge in [-0.05, 0) is 52.0 Å². The summed E-state index contributed by atoms with van der Waals surface area (Å²) < 4.78 is 5.48. The van der Waals surface area contributed by atoms with Gasteiger partial charge in [-0.25, -0.2) is 0 Å². The third kappa shape index (κ3) is 2.41. The number of carbonyl (C=O) groups excluding carboxylic acids is 1. The number of ether oxygens (including phenoxy) is 1. The topological polar surface area (TPSA) is 50.4 Å². The quantitative estimate of drug-likeness (QED) is 0.776. The van der Waals surface area contributed by atoms with Gasteiger partial charge >= 0.3 is 0 Å². The fourth-order valence-corrected chi connectivity index (χ4v) is 3.58. The minimum absolute atomic E-state index is 0.0761. The second-order valence-corrected chi connectivity index (χ2v) is 6.34. The minimum Gasteiger partial charge on any atom is -0.378 e. The molecule has 1 aliphatic carbocycles. The summed E-state index contributed by atoms with van der Waals surface area (Å²) in [6, 6.07) is 0.370. The van der Waals surface area contributed by atoms with E-state index in [1.165, 1.54) is 19.3 Å². The van der Waals surface area contributed by atoms with Gasteiger partial charge in [-0.15, -0.1) is 0 Å². The number of nitrogens with one attached hydrogen (secondary N) is 2. The number of amides is 1. The first kappa shape index (κ1) is 12.4. The lowest BCUT2D eigenvalue weighted by Gasteiger charge is -2.48. The number of hydrogen-bond acceptors (Lipinski definition) is 3. The van der Waals surface area contributed by atoms with E-state index in [1.54, 1.807) is 0 Å². The van der Waals surface area contributed by atoms with Crippen molar-refractivity contribution < 1.29 is 9.53 Å². The third-order valence-electron chi connectivity index (χ3n) is 4.86. The van der Waals surface area contributed by atoms with Crippen LogP contribution in [0.25, 0.3) is 0 Å². The molecular formula is C14H24N2O2. The van der Waals surface area contributed by atoms with Crippen LogP contribution >= 0.6 is 0 Å². The summed E-state index contributed by atoms with van der Waals surface area (Å²) in [6.07, 6.45) is 7.19. The van der Waals surface area contributed by atoms with Gasteiger partial charge in [0.15, 0.2) is 0 Å². The van der Waals surface area contributed by atoms with E-state index in [1.807, 2.05) is 6.92 Å². The highest BCUT2D eigenvalue weighted by atomic mass is 16.5. The summed E-state index contributed by atoms with van der Waals surface area (Å²) in [5, 5.41) is 6.88. The Morgan fingerprint density at radius 3 is 2.89 bits per heavy atom. The van der Waals surface area contributed by atoms with Crippen molar-refractivity contribution in [3.8, 4) is 0 Å². The van der Waals surface area contributed by atoms with Gasteiger partial charge in [-0.2, -0.15) is 0 Å². The van der Waals surface area contributed by atoms with Crippen LogP contribution in [0.15, 0.2) is 0 Å². The van der Waals surface area contributed by atoms with Crippen molar-refractivity contribution in [1.82, 2.24) is 10.6 Å². The Morgan fingerprint density at radius 1 is 1.44 bits per heavy atom. The van der Waals surface area contributed by atoms with Crippen LogP contribution < -0.4 is 10.6 Å². The molecule has 3 atom stereocenters. The molecule has 0 aromatic carbocycles. The average Bonchev–Trinajstić information content (AvgIpc) is 2.74. The van der Waals surface area contributed by atoms with Crippen molar-refractivity contribution >= 4 is 5.91 Å². The predicted molar refractivity (Wildman–Crippen MR) is 69.3 cm³/mol. The Kier molecular flexibility index (Phi) is 3.32. The molecule has 2 heterocycles. The molecule has 0 bridgehead atoms. The Bertz CT molecular complexity index is 328. The molecule has 18 heavy (non-hydrogen) atoms. The van der Waals surface area contributed by atoms with Crippen molar-refractivity contribution in [1.29, 1.82) is 0 Å². The van der Waals surface area contributed by atoms with Crippen LogP contribution in [0.2, 0.25) is 0 Å². The lowest BCUT2D eigenvalue weighted by atomic mass is 9.70. The zero-order chi connectivity index (χ0) is 12.6. The van der Waals surface area contributed by atoms with Gasteiger partial charge in [0.1, 0.15) is 0 Å². The van der Waals surface area contributed by atoms with Gasteiger partial charge in [-0.1, -0.05) is 0 Å². The second-order valence-electron chi connectivity index (χ2n) is 6.34. The summed E-state index contributed by atoms with van der Waals surface area (Å²) in [5.74, 6) is 0.285. The maximum absolute atomic E-state index is 12.2. The lowest BCUT2D eigenvalue weighted by Crippen LogP contribution is -2.60. The average molecular weight is 252 g/mol. The van der Waals surface area contributed by atoms with Crippen LogP contribution in [0.1, 0.15) is 45.4 Å². The predicted octanol–water partition coefficient (Wildman–Crippen LogP) is 1.20. The zero-order valence-electron chi connectivity index (χ0n) is 11.2. The summed E-state index contributed by atoms with van der Waals surface area (Å²) in [5.41, 5.74) is 0.357. The Morgan fingerprint density at radius 2 is 2.28 bits per heavy atom. The first-order chi connectivity index (χ1) is 8.67. The van der Waals surface area contributed by atoms with Crippen LogP contribution in [-0.4, -0.2) is 36.7 Å². The largest absolute Gasteiger partial charge is 0.378 e. The first-order valence-corrected chi connectivity index (χ1v) is 7.34. The molecule has 0 radical (unpaired) electrons. The van der Waals surface area contributed by atoms with Gasteiger partial charge in [0, 0.05) is 11.6 Å². The molecule has 3 aliphatic rings. The van der Waals surface area contributed by atoms with Gasteiger partial charge in [-0.3, -0.25) is 4.79 Å². The molecule has 1 amide bonds. The van der Waals surface area contributed by atoms with Gasteiger partial charge in [0.2, 0.25) is 5.91 Å². The highest BCUT2D eigenvalue weighted by Gasteiger charge is 2.41. The van der Waals surface area contributed by atoms with Crippen LogP contribution in [0.3, 0.4) is 0 Å². The molecule has 3 rings (SSSR count). The number of hydrogen-bond donors (Lipinski definition) is 2. The molecule has 1 saturated carbocycles. The third-order valence-corrected chi connectivity index (χ3v) is 4.86. The van der Waals surface area contributed by atoms with Crippen LogP contribution in [-0.2, 0) is 9.53 Å². The van der Waals surface area contributed by atoms with E-state index in [0.717, 1.165) is 25.8 Å². The maximum atomic E-state index is 12.2. The van der Waals surface area contributed by atoms with Crippen molar-refractivity contribution in [2.75, 3.05) is 13.2 Å². The molecule has 102 valence electrons. The SMILES string of the molecule is CC1CC(C(=O)NC2CCNC3(CCC3)C2)CO1. The van der Waals surface area contributed by atoms with Crippen molar-refractivity contribution in [2.45, 2.75) is 63.1 Å². The van der Waals surface area contributed by atoms with E-state index < -0.39 is 0 Å². The monoisotopic (exact) mass is 252 g/mol. The summed E-state index contributed by atoms with van der Waals surface area (Å²) in [6.45, 7) is 3.69. The molecule has 2 saturated heterocycles. The van der Waals surface area contributed by atoms with E-state index >= 15 is 0 Å². The Hall–Kier alpha value is -0.610. The second kappa shape index (κ2) is 4.82. The van der Waals surface area contributed by atoms with Gasteiger partial charge in [0.25, 0.3) is 0 Å². The first-order valence-electron chi connectivity index (χ1n) is 7.34. The van der Waals surface area contributed by atoms with Crippen molar-refractivity contribution in [3.05, 3.63) is 0 Å². The summed E-state index contributed by atoms with van der Waals surface area (Å²) in [4.78, 5) is 12.2. The molecule has 2 N–H and O–H groups in total. The molecule has 4 heteroatoms. The van der Waals surface area contributed by atoms with E-state index in [-0.39, 0.29) is 17.9 Å². The van der Waals surface area contributed by atoms with Crippen molar-refractivity contribution in [2.24, 2.45) is 5.92 Å². The van der Waals surface area contributed by atoms with Crippen LogP contribution in [0, 0.1) is 5.92 Å². The van der Waals surface area contributed by atoms with E-state index in [0.29, 0.717) is 18.2 Å². The number of rotatable bonds is 2. The highest BCUT2D eigenvalue weighted by molar-refractivity contribution is 5.79. The molecule has 3 unspecified atom stereocenters. The fraction of sp³-hybridized carbons (Fsp3) is 0.929. The number of piperidine rings is 1. The highest BCUT2D eigenvalue weighted by Crippen LogP contribution is 2.38. The lowest BCUT2D eigenvalue weighted by molar-refractivity contribution is -0.126. The normalized spacial score (nSPS) is 38.4. The molecule has 0 aromatic heterocycles. The van der Waals surface area contributed by atoms with Gasteiger partial charge < -0.3 is 15.4 Å². The smallest absolute Gasteiger partial charge is 0.225 e. The maximum Gasteiger partial charge on any atom is 0.225 e. The van der Waals surface area contributed by atoms with Gasteiger partial charge in [0.05, 0.1) is 18.6 Å². The van der Waals surface area contributed by atoms with E-state index in [4.69, 9.17) is 4.74 Å². The van der Waals surface area contributed by atoms with Crippen LogP contribution in [0.5, 0.6) is 0 Å². The molecule has 4 nitrogen and oxygen atoms in total. The van der Waals surface area contributed by atoms with E-state index in [2.05, 4.69) is 10.6 Å². The number of carbonyl (C=O) groups is 1. The summed E-state index contributed by atoms with van der Waals surface area (Å²) in [7, 11) is 0. The Balaban J connectivity index is 1.51. The Labute approximate surface area is 109 Å². The molecule has 2 aliphatic heterocycles. The molecule has 0 aromatic rings. The van der Waals surface area contributed by atoms with E-state index in [9.17, 15) is 4.79 Å². The standard InChI is InChI=1S/C14H24N2O2/c1-10-7-11(9-18-10)13(17)16-12-3-6-15-14(8-12)4-2-5-14/h10-12,15H,2-9H2,1H3,(H,16,17). The molecule has 1 spiro atoms. The summed E-state index contributed by atoms with van der Waals surface area (Å²) >= 11 is 0. The van der Waals surface area contributed by atoms with Crippen LogP contribution in [0.4, 0.5) is 0 Å².